The van der Waals surface area contributed by atoms with Gasteiger partial charge < -0.3 is 10.1 Å². The molecular weight excluding hydrogens is 442 g/mol. The highest BCUT2D eigenvalue weighted by Crippen LogP contribution is 2.27. The molecule has 2 amide bonds. The number of ether oxygens (including phenoxy) is 1. The van der Waals surface area contributed by atoms with E-state index in [0.717, 1.165) is 21.9 Å². The van der Waals surface area contributed by atoms with E-state index in [0.29, 0.717) is 16.8 Å². The van der Waals surface area contributed by atoms with Crippen LogP contribution in [0.2, 0.25) is 0 Å². The fourth-order valence-electron chi connectivity index (χ4n) is 3.44. The molecule has 0 heterocycles. The number of nitrogens with zero attached hydrogens (tertiary/aromatic N) is 1. The summed E-state index contributed by atoms with van der Waals surface area (Å²) in [7, 11) is 0. The summed E-state index contributed by atoms with van der Waals surface area (Å²) in [4.78, 5) is 37.2. The van der Waals surface area contributed by atoms with Crippen LogP contribution < -0.4 is 15.5 Å². The monoisotopic (exact) mass is 465 g/mol. The Kier molecular flexibility index (Phi) is 6.97. The number of fused-ring (bicyclic) bond motifs is 1. The molecule has 0 aliphatic rings. The smallest absolute Gasteiger partial charge is 0.343 e. The van der Waals surface area contributed by atoms with Crippen LogP contribution in [0, 0.1) is 13.8 Å². The first-order chi connectivity index (χ1) is 16.9. The van der Waals surface area contributed by atoms with Gasteiger partial charge in [0, 0.05) is 11.3 Å². The molecule has 0 saturated heterocycles. The summed E-state index contributed by atoms with van der Waals surface area (Å²) < 4.78 is 5.65. The maximum Gasteiger partial charge on any atom is 0.343 e. The lowest BCUT2D eigenvalue weighted by Crippen LogP contribution is -2.32. The molecule has 7 nitrogen and oxygen atoms in total. The molecule has 2 N–H and O–H groups in total. The number of carbonyl (C=O) groups excluding carboxylic acids is 3. The van der Waals surface area contributed by atoms with Crippen LogP contribution in [0.4, 0.5) is 5.69 Å². The lowest BCUT2D eigenvalue weighted by molar-refractivity contribution is -0.136. The Labute approximate surface area is 202 Å². The number of hydrogen-bond donors (Lipinski definition) is 2. The van der Waals surface area contributed by atoms with Gasteiger partial charge in [-0.25, -0.2) is 10.2 Å². The summed E-state index contributed by atoms with van der Waals surface area (Å²) in [6.07, 6.45) is 1.36. The second kappa shape index (κ2) is 10.4. The third kappa shape index (κ3) is 5.59. The molecule has 0 aliphatic heterocycles. The van der Waals surface area contributed by atoms with E-state index in [2.05, 4.69) is 15.8 Å². The molecule has 0 atom stereocenters. The van der Waals surface area contributed by atoms with E-state index in [9.17, 15) is 14.4 Å². The van der Waals surface area contributed by atoms with Crippen LogP contribution in [0.5, 0.6) is 5.75 Å². The van der Waals surface area contributed by atoms with E-state index in [1.807, 2.05) is 68.4 Å². The van der Waals surface area contributed by atoms with Crippen molar-refractivity contribution in [3.05, 3.63) is 107 Å². The van der Waals surface area contributed by atoms with Gasteiger partial charge in [0.1, 0.15) is 5.75 Å². The van der Waals surface area contributed by atoms with E-state index < -0.39 is 17.8 Å². The molecule has 4 aromatic carbocycles. The van der Waals surface area contributed by atoms with E-state index in [1.165, 1.54) is 6.21 Å². The highest BCUT2D eigenvalue weighted by atomic mass is 16.5. The van der Waals surface area contributed by atoms with E-state index in [1.54, 1.807) is 30.3 Å². The van der Waals surface area contributed by atoms with E-state index >= 15 is 0 Å². The third-order valence-corrected chi connectivity index (χ3v) is 5.38. The predicted octanol–water partition coefficient (Wildman–Crippen LogP) is 4.76. The summed E-state index contributed by atoms with van der Waals surface area (Å²) in [5.41, 5.74) is 5.53. The number of nitrogens with one attached hydrogen (secondary N) is 2. The number of amides is 2. The SMILES string of the molecule is Cc1ccc(C(=O)Oc2ccc3ccccc3c2C=NNC(=O)C(=O)Nc2ccccc2C)cc1. The average molecular weight is 466 g/mol. The fraction of sp³-hybridized carbons (Fsp3) is 0.0714. The summed E-state index contributed by atoms with van der Waals surface area (Å²) in [5, 5.41) is 8.17. The van der Waals surface area contributed by atoms with Crippen molar-refractivity contribution in [3.8, 4) is 5.75 Å². The van der Waals surface area contributed by atoms with Gasteiger partial charge in [-0.2, -0.15) is 5.10 Å². The lowest BCUT2D eigenvalue weighted by atomic mass is 10.0. The van der Waals surface area contributed by atoms with Crippen molar-refractivity contribution in [1.82, 2.24) is 5.43 Å². The lowest BCUT2D eigenvalue weighted by Gasteiger charge is -2.11. The average Bonchev–Trinajstić information content (AvgIpc) is 2.86. The van der Waals surface area contributed by atoms with Crippen molar-refractivity contribution < 1.29 is 19.1 Å². The Hall–Kier alpha value is -4.78. The van der Waals surface area contributed by atoms with E-state index in [4.69, 9.17) is 4.74 Å². The van der Waals surface area contributed by atoms with Crippen molar-refractivity contribution in [1.29, 1.82) is 0 Å². The molecule has 0 aliphatic carbocycles. The standard InChI is InChI=1S/C28H23N3O4/c1-18-11-13-21(14-12-18)28(34)35-25-16-15-20-8-4-5-9-22(20)23(25)17-29-31-27(33)26(32)30-24-10-6-3-7-19(24)2/h3-17H,1-2H3,(H,30,32)(H,31,33). The van der Waals surface area contributed by atoms with Gasteiger partial charge in [0.25, 0.3) is 0 Å². The molecule has 35 heavy (non-hydrogen) atoms. The molecule has 0 saturated carbocycles. The first-order valence-corrected chi connectivity index (χ1v) is 10.9. The van der Waals surface area contributed by atoms with Gasteiger partial charge in [0.15, 0.2) is 0 Å². The zero-order valence-corrected chi connectivity index (χ0v) is 19.2. The summed E-state index contributed by atoms with van der Waals surface area (Å²) >= 11 is 0. The highest BCUT2D eigenvalue weighted by Gasteiger charge is 2.16. The highest BCUT2D eigenvalue weighted by molar-refractivity contribution is 6.39. The van der Waals surface area contributed by atoms with Crippen LogP contribution in [0.15, 0.2) is 90.0 Å². The third-order valence-electron chi connectivity index (χ3n) is 5.38. The second-order valence-corrected chi connectivity index (χ2v) is 7.92. The van der Waals surface area contributed by atoms with Crippen molar-refractivity contribution >= 4 is 40.5 Å². The molecule has 0 radical (unpaired) electrons. The van der Waals surface area contributed by atoms with Crippen LogP contribution in [0.3, 0.4) is 0 Å². The minimum Gasteiger partial charge on any atom is -0.422 e. The topological polar surface area (TPSA) is 96.9 Å². The molecule has 0 fully saturated rings. The zero-order valence-electron chi connectivity index (χ0n) is 19.2. The number of hydrazone groups is 1. The van der Waals surface area contributed by atoms with Crippen molar-refractivity contribution in [2.75, 3.05) is 5.32 Å². The molecule has 0 unspecified atom stereocenters. The predicted molar refractivity (Wildman–Crippen MR) is 136 cm³/mol. The first-order valence-electron chi connectivity index (χ1n) is 10.9. The minimum absolute atomic E-state index is 0.275. The van der Waals surface area contributed by atoms with Gasteiger partial charge in [0.2, 0.25) is 0 Å². The van der Waals surface area contributed by atoms with Crippen LogP contribution in [-0.2, 0) is 9.59 Å². The number of anilines is 1. The van der Waals surface area contributed by atoms with Gasteiger partial charge in [-0.05, 0) is 54.4 Å². The normalized spacial score (nSPS) is 10.8. The van der Waals surface area contributed by atoms with Crippen LogP contribution in [0.25, 0.3) is 10.8 Å². The second-order valence-electron chi connectivity index (χ2n) is 7.92. The number of esters is 1. The number of rotatable bonds is 5. The molecule has 0 aromatic heterocycles. The largest absolute Gasteiger partial charge is 0.422 e. The van der Waals surface area contributed by atoms with Gasteiger partial charge in [-0.3, -0.25) is 9.59 Å². The van der Waals surface area contributed by atoms with Gasteiger partial charge >= 0.3 is 17.8 Å². The number of hydrogen-bond acceptors (Lipinski definition) is 5. The summed E-state index contributed by atoms with van der Waals surface area (Å²) in [6, 6.07) is 25.2. The Morgan fingerprint density at radius 3 is 2.29 bits per heavy atom. The molecule has 4 rings (SSSR count). The maximum absolute atomic E-state index is 12.7. The molecule has 0 spiro atoms. The molecule has 174 valence electrons. The molecule has 7 heteroatoms. The minimum atomic E-state index is -0.928. The number of aryl methyl sites for hydroxylation is 2. The van der Waals surface area contributed by atoms with Crippen molar-refractivity contribution in [2.45, 2.75) is 13.8 Å². The Bertz CT molecular complexity index is 1440. The van der Waals surface area contributed by atoms with Crippen LogP contribution in [-0.4, -0.2) is 24.0 Å². The summed E-state index contributed by atoms with van der Waals surface area (Å²) in [6.45, 7) is 3.76. The molecule has 4 aromatic rings. The quantitative estimate of drug-likeness (QED) is 0.146. The number of carbonyl (C=O) groups is 3. The fourth-order valence-corrected chi connectivity index (χ4v) is 3.44. The molecular formula is C28H23N3O4. The van der Waals surface area contributed by atoms with Crippen LogP contribution in [0.1, 0.15) is 27.0 Å². The Morgan fingerprint density at radius 1 is 0.800 bits per heavy atom. The Morgan fingerprint density at radius 2 is 1.51 bits per heavy atom. The summed E-state index contributed by atoms with van der Waals surface area (Å²) in [5.74, 6) is -2.02. The number of para-hydroxylation sites is 1. The van der Waals surface area contributed by atoms with Gasteiger partial charge in [-0.1, -0.05) is 66.2 Å². The maximum atomic E-state index is 12.7. The van der Waals surface area contributed by atoms with Crippen molar-refractivity contribution in [3.63, 3.8) is 0 Å². The van der Waals surface area contributed by atoms with E-state index in [-0.39, 0.29) is 5.75 Å². The van der Waals surface area contributed by atoms with Crippen molar-refractivity contribution in [2.24, 2.45) is 5.10 Å². The van der Waals surface area contributed by atoms with Crippen LogP contribution >= 0.6 is 0 Å². The Balaban J connectivity index is 1.54. The van der Waals surface area contributed by atoms with Gasteiger partial charge in [0.05, 0.1) is 11.8 Å². The van der Waals surface area contributed by atoms with Gasteiger partial charge in [-0.15, -0.1) is 0 Å². The number of benzene rings is 4. The first kappa shape index (κ1) is 23.4. The zero-order chi connectivity index (χ0) is 24.8. The molecule has 0 bridgehead atoms.